The number of methoxy groups -OCH3 is 1. The number of nitrogens with one attached hydrogen (secondary N) is 1. The number of hydrogen-bond donors (Lipinski definition) is 1. The highest BCUT2D eigenvalue weighted by Crippen LogP contribution is 2.31. The maximum absolute atomic E-state index is 12.4. The van der Waals surface area contributed by atoms with E-state index in [1.807, 2.05) is 18.2 Å². The van der Waals surface area contributed by atoms with Crippen molar-refractivity contribution in [3.8, 4) is 5.75 Å². The van der Waals surface area contributed by atoms with Gasteiger partial charge in [0.05, 0.1) is 12.6 Å². The molecule has 106 valence electrons. The fraction of sp³-hybridized carbons (Fsp3) is 0.278. The van der Waals surface area contributed by atoms with E-state index in [0.29, 0.717) is 0 Å². The first-order chi connectivity index (χ1) is 10.3. The number of ether oxygens (including phenoxy) is 1. The molecular weight excluding hydrogens is 262 g/mol. The van der Waals surface area contributed by atoms with Crippen LogP contribution in [0.1, 0.15) is 24.0 Å². The van der Waals surface area contributed by atoms with Crippen LogP contribution in [-0.4, -0.2) is 12.1 Å². The van der Waals surface area contributed by atoms with Crippen LogP contribution in [0.15, 0.2) is 35.1 Å². The van der Waals surface area contributed by atoms with Crippen LogP contribution in [0.2, 0.25) is 0 Å². The molecular formula is C18H17NO2. The summed E-state index contributed by atoms with van der Waals surface area (Å²) < 4.78 is 5.32. The van der Waals surface area contributed by atoms with Gasteiger partial charge in [0.15, 0.2) is 0 Å². The molecule has 1 heterocycles. The van der Waals surface area contributed by atoms with E-state index in [0.717, 1.165) is 46.9 Å². The van der Waals surface area contributed by atoms with Crippen molar-refractivity contribution in [3.05, 3.63) is 51.8 Å². The van der Waals surface area contributed by atoms with E-state index in [1.54, 1.807) is 7.11 Å². The molecule has 4 rings (SSSR count). The fourth-order valence-electron chi connectivity index (χ4n) is 3.45. The number of fused-ring (bicyclic) bond motifs is 5. The van der Waals surface area contributed by atoms with Crippen LogP contribution in [0, 0.1) is 0 Å². The molecule has 0 saturated carbocycles. The lowest BCUT2D eigenvalue weighted by atomic mass is 9.89. The van der Waals surface area contributed by atoms with Gasteiger partial charge < -0.3 is 9.72 Å². The summed E-state index contributed by atoms with van der Waals surface area (Å²) in [6.07, 6.45) is 4.19. The average Bonchev–Trinajstić information content (AvgIpc) is 2.54. The third-order valence-electron chi connectivity index (χ3n) is 4.53. The molecule has 0 unspecified atom stereocenters. The van der Waals surface area contributed by atoms with Crippen molar-refractivity contribution in [2.45, 2.75) is 25.7 Å². The van der Waals surface area contributed by atoms with Gasteiger partial charge in [0.1, 0.15) is 5.75 Å². The van der Waals surface area contributed by atoms with Crippen LogP contribution in [0.25, 0.3) is 21.7 Å². The van der Waals surface area contributed by atoms with Crippen LogP contribution in [0.3, 0.4) is 0 Å². The Morgan fingerprint density at radius 2 is 1.76 bits per heavy atom. The molecule has 0 fully saturated rings. The summed E-state index contributed by atoms with van der Waals surface area (Å²) >= 11 is 0. The standard InChI is InChI=1S/C18H17NO2/c1-21-12-8-6-11-7-9-14-13-4-2-3-5-15(13)18(20)19-17(14)16(11)10-12/h6-10H,2-5H2,1H3,(H,19,20). The molecule has 1 aliphatic carbocycles. The first-order valence-corrected chi connectivity index (χ1v) is 7.42. The molecule has 0 radical (unpaired) electrons. The van der Waals surface area contributed by atoms with Crippen molar-refractivity contribution in [3.63, 3.8) is 0 Å². The Kier molecular flexibility index (Phi) is 2.74. The van der Waals surface area contributed by atoms with E-state index < -0.39 is 0 Å². The van der Waals surface area contributed by atoms with E-state index in [-0.39, 0.29) is 5.56 Å². The summed E-state index contributed by atoms with van der Waals surface area (Å²) in [5, 5.41) is 3.36. The van der Waals surface area contributed by atoms with Gasteiger partial charge in [0, 0.05) is 16.3 Å². The van der Waals surface area contributed by atoms with E-state index in [4.69, 9.17) is 4.74 Å². The van der Waals surface area contributed by atoms with Crippen molar-refractivity contribution in [1.29, 1.82) is 0 Å². The minimum atomic E-state index is 0.0764. The van der Waals surface area contributed by atoms with Gasteiger partial charge in [-0.05, 0) is 48.8 Å². The number of aromatic amines is 1. The minimum absolute atomic E-state index is 0.0764. The Bertz CT molecular complexity index is 908. The second kappa shape index (κ2) is 4.62. The van der Waals surface area contributed by atoms with Crippen molar-refractivity contribution < 1.29 is 4.74 Å². The molecule has 3 aromatic rings. The molecule has 0 saturated heterocycles. The topological polar surface area (TPSA) is 42.1 Å². The molecule has 0 amide bonds. The first-order valence-electron chi connectivity index (χ1n) is 7.42. The zero-order chi connectivity index (χ0) is 14.4. The molecule has 0 bridgehead atoms. The summed E-state index contributed by atoms with van der Waals surface area (Å²) in [6, 6.07) is 10.3. The normalized spacial score (nSPS) is 14.3. The second-order valence-corrected chi connectivity index (χ2v) is 5.69. The van der Waals surface area contributed by atoms with E-state index in [1.165, 1.54) is 17.4 Å². The SMILES string of the molecule is COc1ccc2ccc3c4c(c(=O)[nH]c3c2c1)CCCC4. The summed E-state index contributed by atoms with van der Waals surface area (Å²) in [4.78, 5) is 15.5. The molecule has 0 atom stereocenters. The molecule has 3 nitrogen and oxygen atoms in total. The third-order valence-corrected chi connectivity index (χ3v) is 4.53. The highest BCUT2D eigenvalue weighted by molar-refractivity contribution is 6.06. The number of aromatic nitrogens is 1. The zero-order valence-electron chi connectivity index (χ0n) is 12.0. The maximum atomic E-state index is 12.4. The number of pyridine rings is 1. The minimum Gasteiger partial charge on any atom is -0.497 e. The fourth-order valence-corrected chi connectivity index (χ4v) is 3.45. The van der Waals surface area contributed by atoms with Gasteiger partial charge in [-0.3, -0.25) is 4.79 Å². The summed E-state index contributed by atoms with van der Waals surface area (Å²) in [5.41, 5.74) is 3.24. The summed E-state index contributed by atoms with van der Waals surface area (Å²) in [7, 11) is 1.66. The quantitative estimate of drug-likeness (QED) is 0.692. The van der Waals surface area contributed by atoms with Crippen molar-refractivity contribution in [2.24, 2.45) is 0 Å². The number of rotatable bonds is 1. The van der Waals surface area contributed by atoms with Crippen molar-refractivity contribution in [1.82, 2.24) is 4.98 Å². The van der Waals surface area contributed by atoms with Crippen LogP contribution < -0.4 is 10.3 Å². The monoisotopic (exact) mass is 279 g/mol. The molecule has 0 spiro atoms. The van der Waals surface area contributed by atoms with Crippen molar-refractivity contribution >= 4 is 21.7 Å². The van der Waals surface area contributed by atoms with Gasteiger partial charge in [-0.2, -0.15) is 0 Å². The lowest BCUT2D eigenvalue weighted by molar-refractivity contribution is 0.415. The van der Waals surface area contributed by atoms with Gasteiger partial charge >= 0.3 is 0 Å². The molecule has 1 aliphatic rings. The van der Waals surface area contributed by atoms with Gasteiger partial charge in [0.25, 0.3) is 5.56 Å². The molecule has 1 aromatic heterocycles. The predicted molar refractivity (Wildman–Crippen MR) is 85.3 cm³/mol. The van der Waals surface area contributed by atoms with Crippen LogP contribution in [-0.2, 0) is 12.8 Å². The Labute approximate surface area is 122 Å². The Morgan fingerprint density at radius 1 is 1.00 bits per heavy atom. The lowest BCUT2D eigenvalue weighted by Crippen LogP contribution is -2.19. The largest absolute Gasteiger partial charge is 0.497 e. The highest BCUT2D eigenvalue weighted by atomic mass is 16.5. The molecule has 0 aliphatic heterocycles. The maximum Gasteiger partial charge on any atom is 0.251 e. The van der Waals surface area contributed by atoms with Crippen LogP contribution in [0.4, 0.5) is 0 Å². The van der Waals surface area contributed by atoms with E-state index in [2.05, 4.69) is 17.1 Å². The number of H-pyrrole nitrogens is 1. The lowest BCUT2D eigenvalue weighted by Gasteiger charge is -2.18. The summed E-state index contributed by atoms with van der Waals surface area (Å²) in [6.45, 7) is 0. The van der Waals surface area contributed by atoms with Gasteiger partial charge in [-0.15, -0.1) is 0 Å². The smallest absolute Gasteiger partial charge is 0.251 e. The average molecular weight is 279 g/mol. The van der Waals surface area contributed by atoms with E-state index in [9.17, 15) is 4.79 Å². The molecule has 2 aromatic carbocycles. The molecule has 1 N–H and O–H groups in total. The summed E-state index contributed by atoms with van der Waals surface area (Å²) in [5.74, 6) is 0.813. The van der Waals surface area contributed by atoms with E-state index >= 15 is 0 Å². The number of benzene rings is 2. The molecule has 3 heteroatoms. The number of hydrogen-bond acceptors (Lipinski definition) is 2. The molecule has 21 heavy (non-hydrogen) atoms. The Balaban J connectivity index is 2.16. The van der Waals surface area contributed by atoms with Gasteiger partial charge in [-0.25, -0.2) is 0 Å². The predicted octanol–water partition coefficient (Wildman–Crippen LogP) is 3.57. The Hall–Kier alpha value is -2.29. The van der Waals surface area contributed by atoms with Crippen molar-refractivity contribution in [2.75, 3.05) is 7.11 Å². The second-order valence-electron chi connectivity index (χ2n) is 5.69. The van der Waals surface area contributed by atoms with Gasteiger partial charge in [-0.1, -0.05) is 18.2 Å². The Morgan fingerprint density at radius 3 is 2.57 bits per heavy atom. The first kappa shape index (κ1) is 12.5. The highest BCUT2D eigenvalue weighted by Gasteiger charge is 2.17. The zero-order valence-corrected chi connectivity index (χ0v) is 12.0. The third kappa shape index (κ3) is 1.84. The van der Waals surface area contributed by atoms with Crippen LogP contribution in [0.5, 0.6) is 5.75 Å². The van der Waals surface area contributed by atoms with Crippen LogP contribution >= 0.6 is 0 Å². The number of aryl methyl sites for hydroxylation is 1. The van der Waals surface area contributed by atoms with Gasteiger partial charge in [0.2, 0.25) is 0 Å².